The van der Waals surface area contributed by atoms with Gasteiger partial charge in [-0.15, -0.1) is 0 Å². The first-order chi connectivity index (χ1) is 11.8. The summed E-state index contributed by atoms with van der Waals surface area (Å²) in [5.41, 5.74) is 2.20. The van der Waals surface area contributed by atoms with E-state index in [4.69, 9.17) is 5.26 Å². The highest BCUT2D eigenvalue weighted by atomic mass is 15.2. The van der Waals surface area contributed by atoms with Crippen LogP contribution in [0.15, 0.2) is 24.3 Å². The number of nitriles is 1. The van der Waals surface area contributed by atoms with Gasteiger partial charge in [0.1, 0.15) is 0 Å². The molecule has 1 aliphatic heterocycles. The molecule has 1 aromatic carbocycles. The Morgan fingerprint density at radius 1 is 1.00 bits per heavy atom. The van der Waals surface area contributed by atoms with E-state index in [9.17, 15) is 0 Å². The molecule has 0 unspecified atom stereocenters. The van der Waals surface area contributed by atoms with Crippen molar-refractivity contribution < 1.29 is 0 Å². The zero-order valence-electron chi connectivity index (χ0n) is 15.2. The summed E-state index contributed by atoms with van der Waals surface area (Å²) in [7, 11) is 0. The molecule has 130 valence electrons. The lowest BCUT2D eigenvalue weighted by Gasteiger charge is -2.41. The molecule has 24 heavy (non-hydrogen) atoms. The van der Waals surface area contributed by atoms with Gasteiger partial charge in [0.05, 0.1) is 11.6 Å². The predicted octanol–water partition coefficient (Wildman–Crippen LogP) is 5.49. The van der Waals surface area contributed by atoms with Crippen molar-refractivity contribution in [3.63, 3.8) is 0 Å². The molecule has 2 heteroatoms. The SMILES string of the molecule is CCCCC1CCC(N2CCC(c3ccc(C#N)cc3)CC2)CC1. The van der Waals surface area contributed by atoms with Crippen LogP contribution in [0.25, 0.3) is 0 Å². The number of nitrogens with zero attached hydrogens (tertiary/aromatic N) is 2. The van der Waals surface area contributed by atoms with Crippen LogP contribution < -0.4 is 0 Å². The van der Waals surface area contributed by atoms with Crippen molar-refractivity contribution in [3.05, 3.63) is 35.4 Å². The van der Waals surface area contributed by atoms with Gasteiger partial charge in [0.15, 0.2) is 0 Å². The maximum Gasteiger partial charge on any atom is 0.0991 e. The van der Waals surface area contributed by atoms with E-state index in [1.807, 2.05) is 12.1 Å². The van der Waals surface area contributed by atoms with Gasteiger partial charge >= 0.3 is 0 Å². The van der Waals surface area contributed by atoms with Gasteiger partial charge in [-0.25, -0.2) is 0 Å². The number of hydrogen-bond acceptors (Lipinski definition) is 2. The van der Waals surface area contributed by atoms with Crippen LogP contribution in [0.5, 0.6) is 0 Å². The first-order valence-electron chi connectivity index (χ1n) is 10.0. The molecule has 1 heterocycles. The van der Waals surface area contributed by atoms with E-state index in [1.54, 1.807) is 0 Å². The van der Waals surface area contributed by atoms with Crippen LogP contribution in [-0.2, 0) is 0 Å². The third-order valence-electron chi connectivity index (χ3n) is 6.34. The zero-order valence-corrected chi connectivity index (χ0v) is 15.2. The third kappa shape index (κ3) is 4.39. The van der Waals surface area contributed by atoms with Gasteiger partial charge in [0, 0.05) is 6.04 Å². The maximum atomic E-state index is 8.93. The van der Waals surface area contributed by atoms with Gasteiger partial charge in [-0.2, -0.15) is 5.26 Å². The molecule has 0 radical (unpaired) electrons. The summed E-state index contributed by atoms with van der Waals surface area (Å²) >= 11 is 0. The second-order valence-electron chi connectivity index (χ2n) is 7.86. The summed E-state index contributed by atoms with van der Waals surface area (Å²) in [6.07, 6.45) is 12.6. The standard InChI is InChI=1S/C22H32N2/c1-2-3-4-18-7-11-22(12-8-18)24-15-13-21(14-16-24)20-9-5-19(17-23)6-10-20/h5-6,9-10,18,21-22H,2-4,7-8,11-16H2,1H3. The van der Waals surface area contributed by atoms with Crippen molar-refractivity contribution in [2.24, 2.45) is 5.92 Å². The highest BCUT2D eigenvalue weighted by Crippen LogP contribution is 2.34. The van der Waals surface area contributed by atoms with Crippen LogP contribution >= 0.6 is 0 Å². The second kappa shape index (κ2) is 8.67. The van der Waals surface area contributed by atoms with Crippen molar-refractivity contribution in [1.82, 2.24) is 4.90 Å². The number of benzene rings is 1. The Morgan fingerprint density at radius 2 is 1.67 bits per heavy atom. The molecule has 1 saturated carbocycles. The largest absolute Gasteiger partial charge is 0.300 e. The van der Waals surface area contributed by atoms with E-state index in [0.717, 1.165) is 17.5 Å². The molecule has 1 aliphatic carbocycles. The number of rotatable bonds is 5. The summed E-state index contributed by atoms with van der Waals surface area (Å²) in [5.74, 6) is 1.70. The normalized spacial score (nSPS) is 26.2. The Morgan fingerprint density at radius 3 is 2.25 bits per heavy atom. The molecule has 0 spiro atoms. The van der Waals surface area contributed by atoms with Crippen LogP contribution in [0, 0.1) is 17.2 Å². The molecule has 1 saturated heterocycles. The lowest BCUT2D eigenvalue weighted by Crippen LogP contribution is -2.42. The van der Waals surface area contributed by atoms with Crippen LogP contribution in [-0.4, -0.2) is 24.0 Å². The van der Waals surface area contributed by atoms with Crippen LogP contribution in [0.4, 0.5) is 0 Å². The van der Waals surface area contributed by atoms with E-state index in [2.05, 4.69) is 30.0 Å². The molecule has 1 aromatic rings. The van der Waals surface area contributed by atoms with Crippen molar-refractivity contribution in [1.29, 1.82) is 5.26 Å². The number of unbranched alkanes of at least 4 members (excludes halogenated alkanes) is 1. The van der Waals surface area contributed by atoms with Crippen LogP contribution in [0.3, 0.4) is 0 Å². The average Bonchev–Trinajstić information content (AvgIpc) is 2.67. The van der Waals surface area contributed by atoms with E-state index in [1.165, 1.54) is 76.4 Å². The average molecular weight is 325 g/mol. The summed E-state index contributed by atoms with van der Waals surface area (Å²) < 4.78 is 0. The maximum absolute atomic E-state index is 8.93. The Bertz CT molecular complexity index is 526. The van der Waals surface area contributed by atoms with Crippen molar-refractivity contribution in [2.45, 2.75) is 76.7 Å². The minimum atomic E-state index is 0.690. The summed E-state index contributed by atoms with van der Waals surface area (Å²) in [6.45, 7) is 4.83. The van der Waals surface area contributed by atoms with E-state index in [-0.39, 0.29) is 0 Å². The molecule has 2 fully saturated rings. The lowest BCUT2D eigenvalue weighted by molar-refractivity contribution is 0.105. The molecular formula is C22H32N2. The predicted molar refractivity (Wildman–Crippen MR) is 100.0 cm³/mol. The Hall–Kier alpha value is -1.33. The van der Waals surface area contributed by atoms with Crippen molar-refractivity contribution >= 4 is 0 Å². The van der Waals surface area contributed by atoms with Crippen LogP contribution in [0.2, 0.25) is 0 Å². The minimum absolute atomic E-state index is 0.690. The first kappa shape index (κ1) is 17.5. The monoisotopic (exact) mass is 324 g/mol. The van der Waals surface area contributed by atoms with Crippen LogP contribution in [0.1, 0.15) is 81.8 Å². The minimum Gasteiger partial charge on any atom is -0.300 e. The molecule has 0 amide bonds. The van der Waals surface area contributed by atoms with Gasteiger partial charge in [0.25, 0.3) is 0 Å². The fourth-order valence-corrected chi connectivity index (χ4v) is 4.72. The number of piperidine rings is 1. The molecular weight excluding hydrogens is 292 g/mol. The molecule has 3 rings (SSSR count). The molecule has 0 bridgehead atoms. The van der Waals surface area contributed by atoms with Gasteiger partial charge in [-0.3, -0.25) is 0 Å². The summed E-state index contributed by atoms with van der Waals surface area (Å²) in [4.78, 5) is 2.77. The Balaban J connectivity index is 1.44. The van der Waals surface area contributed by atoms with Crippen molar-refractivity contribution in [2.75, 3.05) is 13.1 Å². The number of likely N-dealkylation sites (tertiary alicyclic amines) is 1. The quantitative estimate of drug-likeness (QED) is 0.716. The highest BCUT2D eigenvalue weighted by molar-refractivity contribution is 5.33. The lowest BCUT2D eigenvalue weighted by atomic mass is 9.81. The smallest absolute Gasteiger partial charge is 0.0991 e. The molecule has 0 aromatic heterocycles. The second-order valence-corrected chi connectivity index (χ2v) is 7.86. The highest BCUT2D eigenvalue weighted by Gasteiger charge is 2.29. The first-order valence-corrected chi connectivity index (χ1v) is 10.0. The molecule has 2 nitrogen and oxygen atoms in total. The Kier molecular flexibility index (Phi) is 6.32. The molecule has 0 atom stereocenters. The van der Waals surface area contributed by atoms with Crippen molar-refractivity contribution in [3.8, 4) is 6.07 Å². The third-order valence-corrected chi connectivity index (χ3v) is 6.34. The van der Waals surface area contributed by atoms with Gasteiger partial charge in [0.2, 0.25) is 0 Å². The van der Waals surface area contributed by atoms with E-state index < -0.39 is 0 Å². The Labute approximate surface area is 147 Å². The summed E-state index contributed by atoms with van der Waals surface area (Å²) in [5, 5.41) is 8.93. The van der Waals surface area contributed by atoms with E-state index in [0.29, 0.717) is 5.92 Å². The summed E-state index contributed by atoms with van der Waals surface area (Å²) in [6, 6.07) is 11.3. The topological polar surface area (TPSA) is 27.0 Å². The fraction of sp³-hybridized carbons (Fsp3) is 0.682. The molecule has 0 N–H and O–H groups in total. The van der Waals surface area contributed by atoms with E-state index >= 15 is 0 Å². The van der Waals surface area contributed by atoms with Gasteiger partial charge in [-0.1, -0.05) is 38.3 Å². The van der Waals surface area contributed by atoms with Gasteiger partial charge < -0.3 is 4.90 Å². The fourth-order valence-electron chi connectivity index (χ4n) is 4.72. The molecule has 2 aliphatic rings. The van der Waals surface area contributed by atoms with Gasteiger partial charge in [-0.05, 0) is 81.1 Å². The zero-order chi connectivity index (χ0) is 16.8. The number of hydrogen-bond donors (Lipinski definition) is 0.